The molecule has 2 N–H and O–H groups in total. The van der Waals surface area contributed by atoms with Gasteiger partial charge in [0, 0.05) is 5.54 Å². The predicted octanol–water partition coefficient (Wildman–Crippen LogP) is 1.63. The van der Waals surface area contributed by atoms with Gasteiger partial charge in [-0.2, -0.15) is 0 Å². The zero-order chi connectivity index (χ0) is 8.02. The lowest BCUT2D eigenvalue weighted by atomic mass is 9.51. The summed E-state index contributed by atoms with van der Waals surface area (Å²) in [6.07, 6.45) is 1.46. The van der Waals surface area contributed by atoms with Crippen molar-refractivity contribution in [3.05, 3.63) is 0 Å². The third-order valence-corrected chi connectivity index (χ3v) is 5.02. The average Bonchev–Trinajstić information content (AvgIpc) is 2.17. The Hall–Kier alpha value is -0.0400. The van der Waals surface area contributed by atoms with E-state index in [2.05, 4.69) is 20.8 Å². The van der Waals surface area contributed by atoms with Gasteiger partial charge in [0.2, 0.25) is 0 Å². The summed E-state index contributed by atoms with van der Waals surface area (Å²) in [6, 6.07) is 0. The first-order valence-corrected chi connectivity index (χ1v) is 4.80. The first kappa shape index (κ1) is 6.47. The van der Waals surface area contributed by atoms with Crippen molar-refractivity contribution in [3.63, 3.8) is 0 Å². The molecule has 0 aromatic rings. The Morgan fingerprint density at radius 2 is 2.00 bits per heavy atom. The molecule has 1 nitrogen and oxygen atoms in total. The normalized spacial score (nSPS) is 68.7. The molecular formula is C10H17N. The summed E-state index contributed by atoms with van der Waals surface area (Å²) in [4.78, 5) is 0. The fourth-order valence-electron chi connectivity index (χ4n) is 4.40. The van der Waals surface area contributed by atoms with Crippen LogP contribution in [0.5, 0.6) is 0 Å². The summed E-state index contributed by atoms with van der Waals surface area (Å²) in [7, 11) is 0. The van der Waals surface area contributed by atoms with Crippen molar-refractivity contribution in [1.29, 1.82) is 0 Å². The van der Waals surface area contributed by atoms with Crippen LogP contribution < -0.4 is 5.73 Å². The highest BCUT2D eigenvalue weighted by atomic mass is 15.1. The van der Waals surface area contributed by atoms with Crippen LogP contribution in [0, 0.1) is 29.1 Å². The molecule has 11 heavy (non-hydrogen) atoms. The van der Waals surface area contributed by atoms with Gasteiger partial charge < -0.3 is 5.73 Å². The van der Waals surface area contributed by atoms with E-state index in [0.29, 0.717) is 5.41 Å². The lowest BCUT2D eigenvalue weighted by Gasteiger charge is -2.55. The molecule has 0 radical (unpaired) electrons. The van der Waals surface area contributed by atoms with E-state index < -0.39 is 0 Å². The molecule has 3 fully saturated rings. The van der Waals surface area contributed by atoms with Crippen LogP contribution in [0.2, 0.25) is 0 Å². The Bertz CT molecular complexity index is 233. The standard InChI is InChI=1S/C10H17N/c1-5-4-6-7(5)10(11)8(6)9(10,2)3/h5-8H,4,11H2,1-3H3. The van der Waals surface area contributed by atoms with Gasteiger partial charge in [-0.25, -0.2) is 0 Å². The molecule has 3 rings (SSSR count). The van der Waals surface area contributed by atoms with E-state index in [0.717, 1.165) is 23.7 Å². The summed E-state index contributed by atoms with van der Waals surface area (Å²) in [5.74, 6) is 3.71. The lowest BCUT2D eigenvalue weighted by Crippen LogP contribution is -2.60. The highest BCUT2D eigenvalue weighted by Crippen LogP contribution is 2.83. The maximum atomic E-state index is 6.35. The molecule has 0 saturated heterocycles. The van der Waals surface area contributed by atoms with Gasteiger partial charge in [0.15, 0.2) is 0 Å². The first-order chi connectivity index (χ1) is 5.01. The molecular weight excluding hydrogens is 134 g/mol. The predicted molar refractivity (Wildman–Crippen MR) is 45.0 cm³/mol. The van der Waals surface area contributed by atoms with Crippen molar-refractivity contribution in [3.8, 4) is 0 Å². The van der Waals surface area contributed by atoms with Crippen molar-refractivity contribution < 1.29 is 0 Å². The van der Waals surface area contributed by atoms with Crippen LogP contribution in [0.1, 0.15) is 27.2 Å². The van der Waals surface area contributed by atoms with Crippen molar-refractivity contribution in [2.75, 3.05) is 0 Å². The van der Waals surface area contributed by atoms with E-state index in [9.17, 15) is 0 Å². The molecule has 1 heteroatoms. The Balaban J connectivity index is 1.96. The summed E-state index contributed by atoms with van der Waals surface area (Å²) in [5.41, 5.74) is 7.10. The van der Waals surface area contributed by atoms with Gasteiger partial charge >= 0.3 is 0 Å². The molecule has 62 valence electrons. The summed E-state index contributed by atoms with van der Waals surface area (Å²) in [6.45, 7) is 7.06. The van der Waals surface area contributed by atoms with Crippen LogP contribution in [0.4, 0.5) is 0 Å². The largest absolute Gasteiger partial charge is 0.324 e. The SMILES string of the molecule is CC1CC2C1C1(N)C2C1(C)C. The van der Waals surface area contributed by atoms with Gasteiger partial charge in [-0.15, -0.1) is 0 Å². The summed E-state index contributed by atoms with van der Waals surface area (Å²) >= 11 is 0. The highest BCUT2D eigenvalue weighted by Gasteiger charge is 2.86. The molecule has 0 amide bonds. The molecule has 0 spiro atoms. The molecule has 3 aliphatic rings. The van der Waals surface area contributed by atoms with Gasteiger partial charge in [-0.3, -0.25) is 0 Å². The van der Waals surface area contributed by atoms with Gasteiger partial charge in [-0.05, 0) is 35.5 Å². The number of rotatable bonds is 0. The molecule has 3 aliphatic carbocycles. The van der Waals surface area contributed by atoms with E-state index in [1.54, 1.807) is 0 Å². The summed E-state index contributed by atoms with van der Waals surface area (Å²) in [5, 5.41) is 0. The van der Waals surface area contributed by atoms with Gasteiger partial charge in [-0.1, -0.05) is 20.8 Å². The second-order valence-corrected chi connectivity index (χ2v) is 5.53. The minimum atomic E-state index is 0.273. The fourth-order valence-corrected chi connectivity index (χ4v) is 4.40. The molecule has 5 atom stereocenters. The minimum absolute atomic E-state index is 0.273. The molecule has 3 saturated carbocycles. The van der Waals surface area contributed by atoms with Crippen molar-refractivity contribution in [2.24, 2.45) is 34.8 Å². The quantitative estimate of drug-likeness (QED) is 0.559. The second-order valence-electron chi connectivity index (χ2n) is 5.53. The number of nitrogens with two attached hydrogens (primary N) is 1. The number of hydrogen-bond donors (Lipinski definition) is 1. The zero-order valence-corrected chi connectivity index (χ0v) is 7.59. The second kappa shape index (κ2) is 1.28. The van der Waals surface area contributed by atoms with Crippen LogP contribution in [0.25, 0.3) is 0 Å². The highest BCUT2D eigenvalue weighted by molar-refractivity contribution is 5.39. The van der Waals surface area contributed by atoms with E-state index in [-0.39, 0.29) is 5.54 Å². The van der Waals surface area contributed by atoms with E-state index in [4.69, 9.17) is 5.73 Å². The van der Waals surface area contributed by atoms with Crippen molar-refractivity contribution in [1.82, 2.24) is 0 Å². The Morgan fingerprint density at radius 3 is 2.36 bits per heavy atom. The van der Waals surface area contributed by atoms with E-state index in [1.165, 1.54) is 6.42 Å². The van der Waals surface area contributed by atoms with Gasteiger partial charge in [0.05, 0.1) is 0 Å². The van der Waals surface area contributed by atoms with Gasteiger partial charge in [0.25, 0.3) is 0 Å². The third-order valence-electron chi connectivity index (χ3n) is 5.02. The Labute approximate surface area is 68.3 Å². The zero-order valence-electron chi connectivity index (χ0n) is 7.59. The maximum Gasteiger partial charge on any atom is 0.0280 e. The van der Waals surface area contributed by atoms with Crippen LogP contribution in [-0.4, -0.2) is 5.54 Å². The minimum Gasteiger partial charge on any atom is -0.324 e. The van der Waals surface area contributed by atoms with Crippen molar-refractivity contribution in [2.45, 2.75) is 32.7 Å². The molecule has 5 unspecified atom stereocenters. The van der Waals surface area contributed by atoms with Crippen LogP contribution in [0.3, 0.4) is 0 Å². The third kappa shape index (κ3) is 0.376. The number of hydrogen-bond acceptors (Lipinski definition) is 1. The monoisotopic (exact) mass is 151 g/mol. The lowest BCUT2D eigenvalue weighted by molar-refractivity contribution is -0.0448. The molecule has 0 aromatic heterocycles. The molecule has 0 aromatic carbocycles. The van der Waals surface area contributed by atoms with E-state index >= 15 is 0 Å². The van der Waals surface area contributed by atoms with Crippen LogP contribution in [-0.2, 0) is 0 Å². The Kier molecular flexibility index (Phi) is 0.755. The average molecular weight is 151 g/mol. The van der Waals surface area contributed by atoms with E-state index in [1.807, 2.05) is 0 Å². The van der Waals surface area contributed by atoms with Crippen LogP contribution >= 0.6 is 0 Å². The summed E-state index contributed by atoms with van der Waals surface area (Å²) < 4.78 is 0. The fraction of sp³-hybridized carbons (Fsp3) is 1.00. The molecule has 0 heterocycles. The molecule has 0 bridgehead atoms. The smallest absolute Gasteiger partial charge is 0.0280 e. The topological polar surface area (TPSA) is 26.0 Å². The van der Waals surface area contributed by atoms with Gasteiger partial charge in [0.1, 0.15) is 0 Å². The first-order valence-electron chi connectivity index (χ1n) is 4.80. The maximum absolute atomic E-state index is 6.35. The molecule has 0 aliphatic heterocycles. The van der Waals surface area contributed by atoms with Crippen molar-refractivity contribution >= 4 is 0 Å². The number of fused-ring (bicyclic) bond motifs is 4. The van der Waals surface area contributed by atoms with Crippen LogP contribution in [0.15, 0.2) is 0 Å². The Morgan fingerprint density at radius 1 is 1.36 bits per heavy atom.